The van der Waals surface area contributed by atoms with E-state index < -0.39 is 0 Å². The van der Waals surface area contributed by atoms with Gasteiger partial charge >= 0.3 is 0 Å². The third-order valence-electron chi connectivity index (χ3n) is 2.86. The smallest absolute Gasteiger partial charge is 0.139 e. The van der Waals surface area contributed by atoms with Crippen LogP contribution < -0.4 is 5.73 Å². The highest BCUT2D eigenvalue weighted by molar-refractivity contribution is 7.98. The van der Waals surface area contributed by atoms with Crippen LogP contribution in [0.2, 0.25) is 0 Å². The molecule has 0 aliphatic rings. The van der Waals surface area contributed by atoms with Gasteiger partial charge in [0.15, 0.2) is 0 Å². The molecule has 0 fully saturated rings. The molecule has 5 heteroatoms. The van der Waals surface area contributed by atoms with E-state index in [0.29, 0.717) is 23.0 Å². The van der Waals surface area contributed by atoms with Crippen LogP contribution in [0.3, 0.4) is 0 Å². The third kappa shape index (κ3) is 3.30. The number of hydrogen-bond acceptors (Lipinski definition) is 4. The molecule has 3 nitrogen and oxygen atoms in total. The molecule has 0 aliphatic carbocycles. The lowest BCUT2D eigenvalue weighted by Crippen LogP contribution is -2.08. The molecule has 100 valence electrons. The largest absolute Gasteiger partial charge is 0.326 e. The minimum absolute atomic E-state index is 0.209. The molecule has 0 unspecified atom stereocenters. The average Bonchev–Trinajstić information content (AvgIpc) is 2.37. The third-order valence-corrected chi connectivity index (χ3v) is 3.91. The lowest BCUT2D eigenvalue weighted by Gasteiger charge is -2.09. The van der Waals surface area contributed by atoms with Crippen molar-refractivity contribution in [3.05, 3.63) is 52.9 Å². The molecule has 0 radical (unpaired) electrons. The fourth-order valence-electron chi connectivity index (χ4n) is 1.87. The highest BCUT2D eigenvalue weighted by Crippen LogP contribution is 2.24. The van der Waals surface area contributed by atoms with E-state index in [9.17, 15) is 4.39 Å². The number of aryl methyl sites for hydroxylation is 2. The number of halogens is 1. The Balaban J connectivity index is 2.15. The number of hydrogen-bond donors (Lipinski definition) is 1. The van der Waals surface area contributed by atoms with Crippen LogP contribution in [-0.2, 0) is 12.3 Å². The fourth-order valence-corrected chi connectivity index (χ4v) is 2.67. The standard InChI is InChI=1S/C14H16FN3S/c1-9-11(7-16)10(2)18-14(17-9)8-19-13-6-4-3-5-12(13)15/h3-6H,7-8,16H2,1-2H3. The van der Waals surface area contributed by atoms with Gasteiger partial charge in [0.2, 0.25) is 0 Å². The molecule has 0 amide bonds. The first-order chi connectivity index (χ1) is 9.11. The minimum Gasteiger partial charge on any atom is -0.326 e. The molecule has 1 aromatic heterocycles. The number of thioether (sulfide) groups is 1. The molecule has 2 aromatic rings. The molecule has 1 aromatic carbocycles. The molecule has 19 heavy (non-hydrogen) atoms. The van der Waals surface area contributed by atoms with E-state index in [1.165, 1.54) is 17.8 Å². The van der Waals surface area contributed by atoms with Gasteiger partial charge in [0.1, 0.15) is 11.6 Å². The fraction of sp³-hybridized carbons (Fsp3) is 0.286. The Hall–Kier alpha value is -1.46. The Bertz CT molecular complexity index is 564. The van der Waals surface area contributed by atoms with Crippen molar-refractivity contribution in [3.63, 3.8) is 0 Å². The van der Waals surface area contributed by atoms with Crippen molar-refractivity contribution >= 4 is 11.8 Å². The summed E-state index contributed by atoms with van der Waals surface area (Å²) in [4.78, 5) is 9.45. The molecule has 0 aliphatic heterocycles. The average molecular weight is 277 g/mol. The van der Waals surface area contributed by atoms with Crippen molar-refractivity contribution in [2.24, 2.45) is 5.73 Å². The highest BCUT2D eigenvalue weighted by Gasteiger charge is 2.08. The van der Waals surface area contributed by atoms with Crippen molar-refractivity contribution in [2.75, 3.05) is 0 Å². The van der Waals surface area contributed by atoms with Crippen LogP contribution in [-0.4, -0.2) is 9.97 Å². The molecule has 0 saturated carbocycles. The summed E-state index contributed by atoms with van der Waals surface area (Å²) in [5.74, 6) is 1.05. The first-order valence-corrected chi connectivity index (χ1v) is 7.00. The summed E-state index contributed by atoms with van der Waals surface area (Å²) in [7, 11) is 0. The van der Waals surface area contributed by atoms with E-state index in [4.69, 9.17) is 5.73 Å². The maximum atomic E-state index is 13.5. The van der Waals surface area contributed by atoms with E-state index in [0.717, 1.165) is 17.0 Å². The van der Waals surface area contributed by atoms with E-state index >= 15 is 0 Å². The zero-order valence-corrected chi connectivity index (χ0v) is 11.8. The quantitative estimate of drug-likeness (QED) is 0.873. The lowest BCUT2D eigenvalue weighted by atomic mass is 10.2. The number of nitrogens with zero attached hydrogens (tertiary/aromatic N) is 2. The Kier molecular flexibility index (Phi) is 4.50. The maximum Gasteiger partial charge on any atom is 0.139 e. The lowest BCUT2D eigenvalue weighted by molar-refractivity contribution is 0.602. The van der Waals surface area contributed by atoms with Gasteiger partial charge in [0, 0.05) is 28.4 Å². The van der Waals surface area contributed by atoms with Gasteiger partial charge in [-0.25, -0.2) is 14.4 Å². The summed E-state index contributed by atoms with van der Waals surface area (Å²) in [5.41, 5.74) is 8.44. The number of benzene rings is 1. The zero-order chi connectivity index (χ0) is 13.8. The second-order valence-corrected chi connectivity index (χ2v) is 5.23. The van der Waals surface area contributed by atoms with Crippen LogP contribution in [0.25, 0.3) is 0 Å². The molecular weight excluding hydrogens is 261 g/mol. The SMILES string of the molecule is Cc1nc(CSc2ccccc2F)nc(C)c1CN. The Labute approximate surface area is 116 Å². The van der Waals surface area contributed by atoms with Crippen molar-refractivity contribution in [2.45, 2.75) is 31.0 Å². The first kappa shape index (κ1) is 14.0. The summed E-state index contributed by atoms with van der Waals surface area (Å²) >= 11 is 1.40. The summed E-state index contributed by atoms with van der Waals surface area (Å²) in [6.07, 6.45) is 0. The molecule has 2 rings (SSSR count). The Morgan fingerprint density at radius 3 is 2.37 bits per heavy atom. The molecule has 2 N–H and O–H groups in total. The molecule has 1 heterocycles. The van der Waals surface area contributed by atoms with Crippen LogP contribution in [0.4, 0.5) is 4.39 Å². The molecular formula is C14H16FN3S. The Morgan fingerprint density at radius 1 is 1.16 bits per heavy atom. The monoisotopic (exact) mass is 277 g/mol. The van der Waals surface area contributed by atoms with Gasteiger partial charge in [-0.05, 0) is 26.0 Å². The van der Waals surface area contributed by atoms with Crippen molar-refractivity contribution < 1.29 is 4.39 Å². The van der Waals surface area contributed by atoms with Crippen LogP contribution in [0.5, 0.6) is 0 Å². The maximum absolute atomic E-state index is 13.5. The van der Waals surface area contributed by atoms with Gasteiger partial charge in [-0.1, -0.05) is 12.1 Å². The Morgan fingerprint density at radius 2 is 1.79 bits per heavy atom. The van der Waals surface area contributed by atoms with Crippen molar-refractivity contribution in [1.29, 1.82) is 0 Å². The number of nitrogens with two attached hydrogens (primary N) is 1. The van der Waals surface area contributed by atoms with Gasteiger partial charge in [0.05, 0.1) is 5.75 Å². The summed E-state index contributed by atoms with van der Waals surface area (Å²) < 4.78 is 13.5. The normalized spacial score (nSPS) is 10.7. The van der Waals surface area contributed by atoms with Gasteiger partial charge in [-0.15, -0.1) is 11.8 Å². The number of aromatic nitrogens is 2. The highest BCUT2D eigenvalue weighted by atomic mass is 32.2. The predicted octanol–water partition coefficient (Wildman–Crippen LogP) is 2.98. The van der Waals surface area contributed by atoms with Crippen LogP contribution in [0.15, 0.2) is 29.2 Å². The number of rotatable bonds is 4. The van der Waals surface area contributed by atoms with Crippen LogP contribution in [0, 0.1) is 19.7 Å². The van der Waals surface area contributed by atoms with Crippen molar-refractivity contribution in [3.8, 4) is 0 Å². The molecule has 0 spiro atoms. The zero-order valence-electron chi connectivity index (χ0n) is 11.0. The molecule has 0 saturated heterocycles. The van der Waals surface area contributed by atoms with Crippen molar-refractivity contribution in [1.82, 2.24) is 9.97 Å². The van der Waals surface area contributed by atoms with Crippen LogP contribution in [0.1, 0.15) is 22.8 Å². The van der Waals surface area contributed by atoms with Gasteiger partial charge in [-0.2, -0.15) is 0 Å². The predicted molar refractivity (Wildman–Crippen MR) is 75.4 cm³/mol. The van der Waals surface area contributed by atoms with E-state index in [1.807, 2.05) is 19.9 Å². The summed E-state index contributed by atoms with van der Waals surface area (Å²) in [5, 5.41) is 0. The van der Waals surface area contributed by atoms with Gasteiger partial charge < -0.3 is 5.73 Å². The van der Waals surface area contributed by atoms with Crippen LogP contribution >= 0.6 is 11.8 Å². The summed E-state index contributed by atoms with van der Waals surface area (Å²) in [6, 6.07) is 6.71. The second-order valence-electron chi connectivity index (χ2n) is 4.21. The minimum atomic E-state index is -0.209. The van der Waals surface area contributed by atoms with E-state index in [2.05, 4.69) is 9.97 Å². The van der Waals surface area contributed by atoms with Gasteiger partial charge in [0.25, 0.3) is 0 Å². The van der Waals surface area contributed by atoms with E-state index in [-0.39, 0.29) is 5.82 Å². The van der Waals surface area contributed by atoms with E-state index in [1.54, 1.807) is 12.1 Å². The van der Waals surface area contributed by atoms with Gasteiger partial charge in [-0.3, -0.25) is 0 Å². The second kappa shape index (κ2) is 6.12. The summed E-state index contributed by atoms with van der Waals surface area (Å²) in [6.45, 7) is 4.29. The molecule has 0 bridgehead atoms. The first-order valence-electron chi connectivity index (χ1n) is 6.02. The molecule has 0 atom stereocenters. The topological polar surface area (TPSA) is 51.8 Å².